The van der Waals surface area contributed by atoms with E-state index in [1.165, 1.54) is 5.69 Å². The van der Waals surface area contributed by atoms with E-state index in [9.17, 15) is 4.79 Å². The van der Waals surface area contributed by atoms with Gasteiger partial charge in [0.1, 0.15) is 0 Å². The van der Waals surface area contributed by atoms with Crippen molar-refractivity contribution >= 4 is 11.6 Å². The second kappa shape index (κ2) is 5.21. The topological polar surface area (TPSA) is 46.3 Å². The molecule has 1 aromatic carbocycles. The molecule has 92 valence electrons. The van der Waals surface area contributed by atoms with Gasteiger partial charge in [-0.2, -0.15) is 0 Å². The van der Waals surface area contributed by atoms with Crippen LogP contribution in [-0.4, -0.2) is 19.0 Å². The third kappa shape index (κ3) is 2.99. The van der Waals surface area contributed by atoms with Gasteiger partial charge < -0.3 is 10.6 Å². The lowest BCUT2D eigenvalue weighted by Gasteiger charge is -2.19. The fourth-order valence-corrected chi connectivity index (χ4v) is 2.51. The highest BCUT2D eigenvalue weighted by atomic mass is 16.1. The molecule has 1 heterocycles. The van der Waals surface area contributed by atoms with Crippen LogP contribution in [0.5, 0.6) is 0 Å². The first-order valence-corrected chi connectivity index (χ1v) is 6.26. The molecule has 0 spiro atoms. The Morgan fingerprint density at radius 2 is 2.18 bits per heavy atom. The zero-order valence-electron chi connectivity index (χ0n) is 10.3. The molecule has 0 radical (unpaired) electrons. The first kappa shape index (κ1) is 12.0. The Morgan fingerprint density at radius 3 is 2.82 bits per heavy atom. The van der Waals surface area contributed by atoms with Crippen LogP contribution >= 0.6 is 0 Å². The van der Waals surface area contributed by atoms with E-state index in [-0.39, 0.29) is 11.8 Å². The van der Waals surface area contributed by atoms with Crippen molar-refractivity contribution in [3.8, 4) is 0 Å². The normalized spacial score (nSPS) is 21.5. The molecule has 1 aromatic rings. The number of para-hydroxylation sites is 1. The maximum atomic E-state index is 11.0. The van der Waals surface area contributed by atoms with Crippen LogP contribution in [0, 0.1) is 11.8 Å². The summed E-state index contributed by atoms with van der Waals surface area (Å²) in [6, 6.07) is 10.4. The first-order valence-electron chi connectivity index (χ1n) is 6.26. The van der Waals surface area contributed by atoms with Crippen LogP contribution in [0.25, 0.3) is 0 Å². The molecule has 1 aliphatic rings. The summed E-state index contributed by atoms with van der Waals surface area (Å²) in [6.07, 6.45) is 2.07. The molecule has 2 N–H and O–H groups in total. The van der Waals surface area contributed by atoms with Gasteiger partial charge in [0.15, 0.2) is 0 Å². The van der Waals surface area contributed by atoms with Gasteiger partial charge in [-0.25, -0.2) is 0 Å². The smallest absolute Gasteiger partial charge is 0.220 e. The maximum Gasteiger partial charge on any atom is 0.220 e. The average Bonchev–Trinajstić information content (AvgIpc) is 2.78. The average molecular weight is 232 g/mol. The third-order valence-corrected chi connectivity index (χ3v) is 3.58. The van der Waals surface area contributed by atoms with Gasteiger partial charge in [-0.3, -0.25) is 4.79 Å². The summed E-state index contributed by atoms with van der Waals surface area (Å²) < 4.78 is 0. The monoisotopic (exact) mass is 232 g/mol. The molecule has 1 fully saturated rings. The summed E-state index contributed by atoms with van der Waals surface area (Å²) >= 11 is 0. The molecule has 1 saturated heterocycles. The number of nitrogens with zero attached hydrogens (tertiary/aromatic N) is 1. The summed E-state index contributed by atoms with van der Waals surface area (Å²) in [6.45, 7) is 4.05. The predicted octanol–water partition coefficient (Wildman–Crippen LogP) is 2.02. The van der Waals surface area contributed by atoms with E-state index in [0.717, 1.165) is 25.9 Å². The Morgan fingerprint density at radius 1 is 1.47 bits per heavy atom. The molecule has 0 aliphatic carbocycles. The van der Waals surface area contributed by atoms with Crippen molar-refractivity contribution in [1.82, 2.24) is 0 Å². The van der Waals surface area contributed by atoms with Crippen LogP contribution < -0.4 is 10.6 Å². The van der Waals surface area contributed by atoms with E-state index in [4.69, 9.17) is 5.73 Å². The molecule has 2 unspecified atom stereocenters. The number of benzene rings is 1. The van der Waals surface area contributed by atoms with Gasteiger partial charge in [0.05, 0.1) is 0 Å². The number of amides is 1. The molecule has 2 atom stereocenters. The number of nitrogens with two attached hydrogens (primary N) is 1. The van der Waals surface area contributed by atoms with E-state index >= 15 is 0 Å². The van der Waals surface area contributed by atoms with Gasteiger partial charge >= 0.3 is 0 Å². The second-order valence-electron chi connectivity index (χ2n) is 4.98. The van der Waals surface area contributed by atoms with E-state index < -0.39 is 0 Å². The molecular formula is C14H20N2O. The van der Waals surface area contributed by atoms with Crippen LogP contribution in [0.1, 0.15) is 19.8 Å². The summed E-state index contributed by atoms with van der Waals surface area (Å²) in [7, 11) is 0. The van der Waals surface area contributed by atoms with E-state index in [0.29, 0.717) is 5.92 Å². The van der Waals surface area contributed by atoms with Gasteiger partial charge in [-0.1, -0.05) is 25.1 Å². The SMILES string of the molecule is CC(CC1CCN(c2ccccc2)C1)C(N)=O. The molecule has 1 amide bonds. The van der Waals surface area contributed by atoms with Crippen molar-refractivity contribution in [1.29, 1.82) is 0 Å². The number of carbonyl (C=O) groups is 1. The zero-order valence-corrected chi connectivity index (χ0v) is 10.3. The Bertz CT molecular complexity index is 377. The van der Waals surface area contributed by atoms with E-state index in [2.05, 4.69) is 29.2 Å². The van der Waals surface area contributed by atoms with Crippen molar-refractivity contribution in [2.45, 2.75) is 19.8 Å². The molecule has 1 aliphatic heterocycles. The Balaban J connectivity index is 1.90. The Kier molecular flexibility index (Phi) is 3.67. The van der Waals surface area contributed by atoms with Crippen molar-refractivity contribution < 1.29 is 4.79 Å². The molecule has 0 saturated carbocycles. The minimum Gasteiger partial charge on any atom is -0.371 e. The van der Waals surface area contributed by atoms with Crippen LogP contribution in [-0.2, 0) is 4.79 Å². The largest absolute Gasteiger partial charge is 0.371 e. The van der Waals surface area contributed by atoms with Crippen LogP contribution in [0.3, 0.4) is 0 Å². The Hall–Kier alpha value is -1.51. The van der Waals surface area contributed by atoms with E-state index in [1.54, 1.807) is 0 Å². The zero-order chi connectivity index (χ0) is 12.3. The number of hydrogen-bond donors (Lipinski definition) is 1. The molecule has 3 nitrogen and oxygen atoms in total. The summed E-state index contributed by atoms with van der Waals surface area (Å²) in [5, 5.41) is 0. The van der Waals surface area contributed by atoms with Gasteiger partial charge in [-0.05, 0) is 30.9 Å². The number of primary amides is 1. The first-order chi connectivity index (χ1) is 8.16. The van der Waals surface area contributed by atoms with Crippen LogP contribution in [0.4, 0.5) is 5.69 Å². The van der Waals surface area contributed by atoms with Gasteiger partial charge in [0.25, 0.3) is 0 Å². The predicted molar refractivity (Wildman–Crippen MR) is 69.7 cm³/mol. The van der Waals surface area contributed by atoms with Crippen molar-refractivity contribution in [3.05, 3.63) is 30.3 Å². The second-order valence-corrected chi connectivity index (χ2v) is 4.98. The molecule has 17 heavy (non-hydrogen) atoms. The van der Waals surface area contributed by atoms with Gasteiger partial charge in [-0.15, -0.1) is 0 Å². The van der Waals surface area contributed by atoms with Crippen molar-refractivity contribution in [2.24, 2.45) is 17.6 Å². The highest BCUT2D eigenvalue weighted by Gasteiger charge is 2.25. The number of rotatable bonds is 4. The minimum absolute atomic E-state index is 0.00396. The van der Waals surface area contributed by atoms with Crippen LogP contribution in [0.15, 0.2) is 30.3 Å². The number of hydrogen-bond acceptors (Lipinski definition) is 2. The lowest BCUT2D eigenvalue weighted by atomic mass is 9.95. The van der Waals surface area contributed by atoms with Crippen LogP contribution in [0.2, 0.25) is 0 Å². The van der Waals surface area contributed by atoms with Gasteiger partial charge in [0.2, 0.25) is 5.91 Å². The molecule has 0 bridgehead atoms. The number of anilines is 1. The standard InChI is InChI=1S/C14H20N2O/c1-11(14(15)17)9-12-7-8-16(10-12)13-5-3-2-4-6-13/h2-6,11-12H,7-10H2,1H3,(H2,15,17). The fraction of sp³-hybridized carbons (Fsp3) is 0.500. The molecular weight excluding hydrogens is 212 g/mol. The summed E-state index contributed by atoms with van der Waals surface area (Å²) in [5.41, 5.74) is 6.59. The highest BCUT2D eigenvalue weighted by molar-refractivity contribution is 5.76. The van der Waals surface area contributed by atoms with Crippen molar-refractivity contribution in [3.63, 3.8) is 0 Å². The highest BCUT2D eigenvalue weighted by Crippen LogP contribution is 2.27. The minimum atomic E-state index is -0.178. The summed E-state index contributed by atoms with van der Waals surface area (Å²) in [5.74, 6) is 0.414. The molecule has 2 rings (SSSR count). The third-order valence-electron chi connectivity index (χ3n) is 3.58. The lowest BCUT2D eigenvalue weighted by molar-refractivity contribution is -0.121. The molecule has 0 aromatic heterocycles. The van der Waals surface area contributed by atoms with Crippen molar-refractivity contribution in [2.75, 3.05) is 18.0 Å². The van der Waals surface area contributed by atoms with E-state index in [1.807, 2.05) is 13.0 Å². The lowest BCUT2D eigenvalue weighted by Crippen LogP contribution is -2.25. The Labute approximate surface area is 103 Å². The van der Waals surface area contributed by atoms with Gasteiger partial charge in [0, 0.05) is 24.7 Å². The summed E-state index contributed by atoms with van der Waals surface area (Å²) in [4.78, 5) is 13.4. The maximum absolute atomic E-state index is 11.0. The number of carbonyl (C=O) groups excluding carboxylic acids is 1. The molecule has 3 heteroatoms. The quantitative estimate of drug-likeness (QED) is 0.863. The fourth-order valence-electron chi connectivity index (χ4n) is 2.51.